The molecule has 3 aromatic rings. The minimum atomic E-state index is 0.947. The standard InChI is InChI=1S/C16H13BrN2/c1-11-6-5-9-13(10-11)16-14(17)15(18-19-16)12-7-3-2-4-8-12/h2-10H,1H3,(H,18,19). The minimum absolute atomic E-state index is 0.947. The van der Waals surface area contributed by atoms with Gasteiger partial charge in [0, 0.05) is 11.1 Å². The third-order valence-electron chi connectivity index (χ3n) is 3.06. The van der Waals surface area contributed by atoms with E-state index in [-0.39, 0.29) is 0 Å². The number of aromatic amines is 1. The number of hydrogen-bond donors (Lipinski definition) is 1. The van der Waals surface area contributed by atoms with Crippen LogP contribution in [-0.2, 0) is 0 Å². The minimum Gasteiger partial charge on any atom is -0.276 e. The summed E-state index contributed by atoms with van der Waals surface area (Å²) in [4.78, 5) is 0. The van der Waals surface area contributed by atoms with Crippen molar-refractivity contribution < 1.29 is 0 Å². The van der Waals surface area contributed by atoms with Crippen LogP contribution in [0.3, 0.4) is 0 Å². The van der Waals surface area contributed by atoms with Crippen molar-refractivity contribution in [2.45, 2.75) is 6.92 Å². The first-order chi connectivity index (χ1) is 9.25. The summed E-state index contributed by atoms with van der Waals surface area (Å²) < 4.78 is 1.00. The predicted molar refractivity (Wildman–Crippen MR) is 81.9 cm³/mol. The van der Waals surface area contributed by atoms with Crippen LogP contribution in [0.5, 0.6) is 0 Å². The Labute approximate surface area is 120 Å². The number of halogens is 1. The molecule has 0 fully saturated rings. The Morgan fingerprint density at radius 1 is 0.947 bits per heavy atom. The molecular formula is C16H13BrN2. The molecule has 0 aliphatic heterocycles. The predicted octanol–water partition coefficient (Wildman–Crippen LogP) is 4.81. The first-order valence-electron chi connectivity index (χ1n) is 6.12. The van der Waals surface area contributed by atoms with Gasteiger partial charge in [-0.15, -0.1) is 0 Å². The molecule has 19 heavy (non-hydrogen) atoms. The van der Waals surface area contributed by atoms with E-state index in [4.69, 9.17) is 0 Å². The van der Waals surface area contributed by atoms with Gasteiger partial charge in [-0.3, -0.25) is 5.10 Å². The third-order valence-corrected chi connectivity index (χ3v) is 3.83. The lowest BCUT2D eigenvalue weighted by Gasteiger charge is -2.00. The maximum Gasteiger partial charge on any atom is 0.107 e. The fraction of sp³-hybridized carbons (Fsp3) is 0.0625. The molecule has 94 valence electrons. The summed E-state index contributed by atoms with van der Waals surface area (Å²) in [5, 5.41) is 7.54. The van der Waals surface area contributed by atoms with Gasteiger partial charge < -0.3 is 0 Å². The molecule has 1 heterocycles. The van der Waals surface area contributed by atoms with Crippen LogP contribution in [0.25, 0.3) is 22.5 Å². The number of hydrogen-bond acceptors (Lipinski definition) is 1. The lowest BCUT2D eigenvalue weighted by Crippen LogP contribution is -1.80. The van der Waals surface area contributed by atoms with E-state index in [9.17, 15) is 0 Å². The van der Waals surface area contributed by atoms with E-state index in [1.54, 1.807) is 0 Å². The molecule has 0 amide bonds. The van der Waals surface area contributed by atoms with Crippen LogP contribution in [0, 0.1) is 6.92 Å². The maximum absolute atomic E-state index is 4.43. The van der Waals surface area contributed by atoms with Crippen molar-refractivity contribution in [2.75, 3.05) is 0 Å². The second kappa shape index (κ2) is 5.02. The zero-order chi connectivity index (χ0) is 13.2. The smallest absolute Gasteiger partial charge is 0.107 e. The zero-order valence-corrected chi connectivity index (χ0v) is 12.1. The summed E-state index contributed by atoms with van der Waals surface area (Å²) in [6, 6.07) is 18.5. The summed E-state index contributed by atoms with van der Waals surface area (Å²) in [7, 11) is 0. The number of aryl methyl sites for hydroxylation is 1. The highest BCUT2D eigenvalue weighted by Gasteiger charge is 2.13. The van der Waals surface area contributed by atoms with Gasteiger partial charge >= 0.3 is 0 Å². The quantitative estimate of drug-likeness (QED) is 0.722. The van der Waals surface area contributed by atoms with Gasteiger partial charge in [0.05, 0.1) is 10.2 Å². The second-order valence-corrected chi connectivity index (χ2v) is 5.29. The van der Waals surface area contributed by atoms with Crippen molar-refractivity contribution in [1.82, 2.24) is 10.2 Å². The molecule has 0 aliphatic carbocycles. The van der Waals surface area contributed by atoms with Gasteiger partial charge in [-0.05, 0) is 28.9 Å². The average molecular weight is 313 g/mol. The molecule has 3 heteroatoms. The molecule has 2 aromatic carbocycles. The molecule has 0 saturated heterocycles. The van der Waals surface area contributed by atoms with Gasteiger partial charge in [0.15, 0.2) is 0 Å². The Morgan fingerprint density at radius 3 is 2.42 bits per heavy atom. The molecule has 0 saturated carbocycles. The summed E-state index contributed by atoms with van der Waals surface area (Å²) in [6.07, 6.45) is 0. The Hall–Kier alpha value is -1.87. The molecule has 0 bridgehead atoms. The van der Waals surface area contributed by atoms with Crippen LogP contribution in [0.15, 0.2) is 59.1 Å². The van der Waals surface area contributed by atoms with Crippen LogP contribution in [0.1, 0.15) is 5.56 Å². The molecule has 1 N–H and O–H groups in total. The number of benzene rings is 2. The molecule has 0 atom stereocenters. The summed E-state index contributed by atoms with van der Waals surface area (Å²) in [5.74, 6) is 0. The molecule has 2 nitrogen and oxygen atoms in total. The van der Waals surface area contributed by atoms with Crippen molar-refractivity contribution in [2.24, 2.45) is 0 Å². The largest absolute Gasteiger partial charge is 0.276 e. The van der Waals surface area contributed by atoms with E-state index in [2.05, 4.69) is 63.4 Å². The number of aromatic nitrogens is 2. The first kappa shape index (κ1) is 12.2. The number of H-pyrrole nitrogens is 1. The highest BCUT2D eigenvalue weighted by molar-refractivity contribution is 9.10. The van der Waals surface area contributed by atoms with Crippen molar-refractivity contribution in [3.05, 3.63) is 64.6 Å². The van der Waals surface area contributed by atoms with Gasteiger partial charge in [-0.2, -0.15) is 5.10 Å². The Bertz CT molecular complexity index is 702. The van der Waals surface area contributed by atoms with Crippen LogP contribution in [0.2, 0.25) is 0 Å². The van der Waals surface area contributed by atoms with E-state index < -0.39 is 0 Å². The molecule has 3 rings (SSSR count). The number of nitrogens with one attached hydrogen (secondary N) is 1. The second-order valence-electron chi connectivity index (χ2n) is 4.50. The van der Waals surface area contributed by atoms with Gasteiger partial charge in [0.2, 0.25) is 0 Å². The lowest BCUT2D eigenvalue weighted by atomic mass is 10.1. The van der Waals surface area contributed by atoms with Crippen molar-refractivity contribution >= 4 is 15.9 Å². The SMILES string of the molecule is Cc1cccc(-c2n[nH]c(-c3ccccc3)c2Br)c1. The summed E-state index contributed by atoms with van der Waals surface area (Å²) >= 11 is 3.66. The van der Waals surface area contributed by atoms with Gasteiger partial charge in [0.1, 0.15) is 5.69 Å². The fourth-order valence-electron chi connectivity index (χ4n) is 2.11. The first-order valence-corrected chi connectivity index (χ1v) is 6.91. The van der Waals surface area contributed by atoms with Crippen molar-refractivity contribution in [1.29, 1.82) is 0 Å². The van der Waals surface area contributed by atoms with Crippen LogP contribution in [0.4, 0.5) is 0 Å². The van der Waals surface area contributed by atoms with Crippen LogP contribution in [-0.4, -0.2) is 10.2 Å². The van der Waals surface area contributed by atoms with Gasteiger partial charge in [-0.25, -0.2) is 0 Å². The summed E-state index contributed by atoms with van der Waals surface area (Å²) in [5.41, 5.74) is 5.43. The highest BCUT2D eigenvalue weighted by Crippen LogP contribution is 2.34. The van der Waals surface area contributed by atoms with Crippen molar-refractivity contribution in [3.63, 3.8) is 0 Å². The molecule has 1 aromatic heterocycles. The highest BCUT2D eigenvalue weighted by atomic mass is 79.9. The molecule has 0 aliphatic rings. The van der Waals surface area contributed by atoms with Gasteiger partial charge in [-0.1, -0.05) is 54.1 Å². The number of rotatable bonds is 2. The topological polar surface area (TPSA) is 28.7 Å². The Balaban J connectivity index is 2.09. The van der Waals surface area contributed by atoms with E-state index >= 15 is 0 Å². The monoisotopic (exact) mass is 312 g/mol. The maximum atomic E-state index is 4.43. The molecule has 0 unspecified atom stereocenters. The van der Waals surface area contributed by atoms with E-state index in [0.717, 1.165) is 27.0 Å². The number of nitrogens with zero attached hydrogens (tertiary/aromatic N) is 1. The van der Waals surface area contributed by atoms with E-state index in [1.165, 1.54) is 5.56 Å². The lowest BCUT2D eigenvalue weighted by molar-refractivity contribution is 1.10. The Morgan fingerprint density at radius 2 is 1.68 bits per heavy atom. The molecule has 0 radical (unpaired) electrons. The average Bonchev–Trinajstić information content (AvgIpc) is 2.81. The van der Waals surface area contributed by atoms with E-state index in [0.29, 0.717) is 0 Å². The summed E-state index contributed by atoms with van der Waals surface area (Å²) in [6.45, 7) is 2.09. The van der Waals surface area contributed by atoms with Crippen LogP contribution >= 0.6 is 15.9 Å². The van der Waals surface area contributed by atoms with Crippen LogP contribution < -0.4 is 0 Å². The van der Waals surface area contributed by atoms with Crippen molar-refractivity contribution in [3.8, 4) is 22.5 Å². The normalized spacial score (nSPS) is 10.6. The zero-order valence-electron chi connectivity index (χ0n) is 10.5. The molecular weight excluding hydrogens is 300 g/mol. The molecule has 0 spiro atoms. The Kier molecular flexibility index (Phi) is 3.22. The van der Waals surface area contributed by atoms with Gasteiger partial charge in [0.25, 0.3) is 0 Å². The fourth-order valence-corrected chi connectivity index (χ4v) is 2.74. The van der Waals surface area contributed by atoms with E-state index in [1.807, 2.05) is 24.3 Å². The third kappa shape index (κ3) is 2.34.